The number of fused-ring (bicyclic) bond motifs is 10. The average Bonchev–Trinajstić information content (AvgIpc) is 1.36. The first-order valence-corrected chi connectivity index (χ1v) is 37.6. The van der Waals surface area contributed by atoms with Gasteiger partial charge in [0.2, 0.25) is 0 Å². The third-order valence-electron chi connectivity index (χ3n) is 23.1. The molecule has 0 aliphatic heterocycles. The van der Waals surface area contributed by atoms with Crippen molar-refractivity contribution in [3.8, 4) is 89.0 Å². The molecule has 18 aromatic rings. The van der Waals surface area contributed by atoms with E-state index in [0.29, 0.717) is 0 Å². The molecule has 0 amide bonds. The lowest BCUT2D eigenvalue weighted by atomic mass is 9.67. The maximum atomic E-state index is 2.55. The zero-order valence-electron chi connectivity index (χ0n) is 60.2. The monoisotopic (exact) mass is 1370 g/mol. The molecule has 2 heteroatoms. The van der Waals surface area contributed by atoms with Crippen molar-refractivity contribution in [3.05, 3.63) is 446 Å². The summed E-state index contributed by atoms with van der Waals surface area (Å²) in [4.78, 5) is 5.03. The number of rotatable bonds is 14. The average molecular weight is 1380 g/mol. The van der Waals surface area contributed by atoms with E-state index >= 15 is 0 Å². The van der Waals surface area contributed by atoms with Gasteiger partial charge in [-0.2, -0.15) is 0 Å². The van der Waals surface area contributed by atoms with Crippen LogP contribution < -0.4 is 9.80 Å². The predicted octanol–water partition coefficient (Wildman–Crippen LogP) is 28.8. The molecule has 2 nitrogen and oxygen atoms in total. The summed E-state index contributed by atoms with van der Waals surface area (Å²) in [5.41, 5.74) is 32.4. The highest BCUT2D eigenvalue weighted by molar-refractivity contribution is 6.15. The second-order valence-electron chi connectivity index (χ2n) is 29.5. The first kappa shape index (κ1) is 64.0. The standard InChI is InChI=1S/C106H74N2/c1-105(2)98-44-23-21-41-91(98)93-60-59-88(69-100(93)105)108(104-68-82-32-17-18-39-89(82)90-40-19-20-43-95(90)104)103-63-55-81(67-97(103)83-51-50-72-28-15-16-31-77(72)65-83)79-34-25-33-78(64-79)75-48-46-73(47-49-75)74-52-56-86(57-53-74)107(102-62-54-80(71-26-7-3-8-27-71)66-96(102)76-29-9-4-10-30-76)87-58-61-94-92-42-22-24-45-99(92)106(101(94)70-87,84-35-11-5-12-36-84)85-37-13-6-14-38-85/h3-70H,1-2H3. The molecule has 0 fully saturated rings. The molecule has 2 aliphatic rings. The van der Waals surface area contributed by atoms with E-state index in [4.69, 9.17) is 0 Å². The highest BCUT2D eigenvalue weighted by Crippen LogP contribution is 2.59. The second-order valence-corrected chi connectivity index (χ2v) is 29.5. The van der Waals surface area contributed by atoms with Gasteiger partial charge in [0.1, 0.15) is 0 Å². The molecule has 0 aromatic heterocycles. The van der Waals surface area contributed by atoms with E-state index in [0.717, 1.165) is 95.3 Å². The van der Waals surface area contributed by atoms with Gasteiger partial charge in [-0.05, 0) is 217 Å². The summed E-state index contributed by atoms with van der Waals surface area (Å²) < 4.78 is 0. The Bertz CT molecular complexity index is 6460. The van der Waals surface area contributed by atoms with Gasteiger partial charge in [-0.15, -0.1) is 0 Å². The van der Waals surface area contributed by atoms with Gasteiger partial charge in [0.15, 0.2) is 0 Å². The van der Waals surface area contributed by atoms with Crippen LogP contribution >= 0.6 is 0 Å². The largest absolute Gasteiger partial charge is 0.310 e. The lowest BCUT2D eigenvalue weighted by molar-refractivity contribution is 0.660. The molecular formula is C106H74N2. The van der Waals surface area contributed by atoms with Crippen LogP contribution in [0.25, 0.3) is 121 Å². The van der Waals surface area contributed by atoms with E-state index in [-0.39, 0.29) is 5.41 Å². The summed E-state index contributed by atoms with van der Waals surface area (Å²) in [7, 11) is 0. The van der Waals surface area contributed by atoms with Crippen LogP contribution in [-0.2, 0) is 10.8 Å². The minimum Gasteiger partial charge on any atom is -0.310 e. The van der Waals surface area contributed by atoms with Crippen molar-refractivity contribution in [1.29, 1.82) is 0 Å². The van der Waals surface area contributed by atoms with E-state index in [1.54, 1.807) is 0 Å². The molecule has 2 aliphatic carbocycles. The first-order chi connectivity index (χ1) is 53.3. The van der Waals surface area contributed by atoms with Crippen molar-refractivity contribution in [2.75, 3.05) is 9.80 Å². The summed E-state index contributed by atoms with van der Waals surface area (Å²) in [5, 5.41) is 7.28. The molecule has 508 valence electrons. The van der Waals surface area contributed by atoms with Crippen LogP contribution in [-0.4, -0.2) is 0 Å². The van der Waals surface area contributed by atoms with Crippen molar-refractivity contribution in [1.82, 2.24) is 0 Å². The van der Waals surface area contributed by atoms with Gasteiger partial charge >= 0.3 is 0 Å². The Hall–Kier alpha value is -13.7. The summed E-state index contributed by atoms with van der Waals surface area (Å²) in [6, 6.07) is 154. The van der Waals surface area contributed by atoms with E-state index in [1.807, 2.05) is 0 Å². The molecule has 0 N–H and O–H groups in total. The van der Waals surface area contributed by atoms with Crippen LogP contribution in [0.4, 0.5) is 34.1 Å². The lowest BCUT2D eigenvalue weighted by Gasteiger charge is -2.35. The lowest BCUT2D eigenvalue weighted by Crippen LogP contribution is -2.28. The molecule has 0 bridgehead atoms. The summed E-state index contributed by atoms with van der Waals surface area (Å²) in [5.74, 6) is 0. The fourth-order valence-corrected chi connectivity index (χ4v) is 17.9. The van der Waals surface area contributed by atoms with Gasteiger partial charge in [-0.25, -0.2) is 0 Å². The zero-order chi connectivity index (χ0) is 71.9. The molecule has 0 saturated carbocycles. The summed E-state index contributed by atoms with van der Waals surface area (Å²) in [6.07, 6.45) is 0. The number of hydrogen-bond acceptors (Lipinski definition) is 2. The maximum absolute atomic E-state index is 2.55. The highest BCUT2D eigenvalue weighted by atomic mass is 15.2. The summed E-state index contributed by atoms with van der Waals surface area (Å²) >= 11 is 0. The molecule has 20 rings (SSSR count). The van der Waals surface area contributed by atoms with Crippen molar-refractivity contribution in [3.63, 3.8) is 0 Å². The van der Waals surface area contributed by atoms with Crippen molar-refractivity contribution in [2.45, 2.75) is 24.7 Å². The van der Waals surface area contributed by atoms with E-state index < -0.39 is 5.41 Å². The van der Waals surface area contributed by atoms with Crippen LogP contribution in [0.15, 0.2) is 413 Å². The smallest absolute Gasteiger partial charge is 0.0714 e. The predicted molar refractivity (Wildman–Crippen MR) is 456 cm³/mol. The number of hydrogen-bond donors (Lipinski definition) is 0. The van der Waals surface area contributed by atoms with Crippen molar-refractivity contribution in [2.24, 2.45) is 0 Å². The molecule has 18 aromatic carbocycles. The highest BCUT2D eigenvalue weighted by Gasteiger charge is 2.46. The van der Waals surface area contributed by atoms with Crippen LogP contribution in [0.2, 0.25) is 0 Å². The Balaban J connectivity index is 0.686. The minimum absolute atomic E-state index is 0.197. The molecule has 0 atom stereocenters. The zero-order valence-corrected chi connectivity index (χ0v) is 60.2. The van der Waals surface area contributed by atoms with E-state index in [2.05, 4.69) is 436 Å². The van der Waals surface area contributed by atoms with Gasteiger partial charge in [0.05, 0.1) is 22.5 Å². The molecule has 0 spiro atoms. The number of nitrogens with zero attached hydrogens (tertiary/aromatic N) is 2. The molecule has 0 saturated heterocycles. The van der Waals surface area contributed by atoms with Gasteiger partial charge in [-0.1, -0.05) is 347 Å². The minimum atomic E-state index is -0.574. The van der Waals surface area contributed by atoms with Gasteiger partial charge in [-0.3, -0.25) is 0 Å². The van der Waals surface area contributed by atoms with E-state index in [1.165, 1.54) is 93.5 Å². The first-order valence-electron chi connectivity index (χ1n) is 37.6. The van der Waals surface area contributed by atoms with Crippen LogP contribution in [0.1, 0.15) is 47.2 Å². The van der Waals surface area contributed by atoms with Crippen LogP contribution in [0, 0.1) is 0 Å². The van der Waals surface area contributed by atoms with Gasteiger partial charge < -0.3 is 9.80 Å². The Morgan fingerprint density at radius 2 is 0.593 bits per heavy atom. The normalized spacial score (nSPS) is 12.9. The Labute approximate surface area is 631 Å². The van der Waals surface area contributed by atoms with Gasteiger partial charge in [0.25, 0.3) is 0 Å². The second kappa shape index (κ2) is 26.2. The molecular weight excluding hydrogens is 1300 g/mol. The van der Waals surface area contributed by atoms with Crippen LogP contribution in [0.5, 0.6) is 0 Å². The third-order valence-corrected chi connectivity index (χ3v) is 23.1. The summed E-state index contributed by atoms with van der Waals surface area (Å²) in [6.45, 7) is 4.76. The Kier molecular flexibility index (Phi) is 15.5. The topological polar surface area (TPSA) is 6.48 Å². The number of benzene rings is 18. The van der Waals surface area contributed by atoms with Crippen molar-refractivity contribution >= 4 is 66.4 Å². The molecule has 108 heavy (non-hydrogen) atoms. The van der Waals surface area contributed by atoms with Crippen LogP contribution in [0.3, 0.4) is 0 Å². The molecule has 0 unspecified atom stereocenters. The fourth-order valence-electron chi connectivity index (χ4n) is 17.9. The SMILES string of the molecule is CC1(C)c2ccccc2-c2ccc(N(c3ccc(-c4cccc(-c5ccc(-c6ccc(N(c7ccc8c(c7)C(c7ccccc7)(c7ccccc7)c7ccccc7-8)c7ccc(-c8ccccc8)cc7-c7ccccc7)cc6)cc5)c4)cc3-c3ccc4ccccc4c3)c3cc4ccccc4c4ccccc34)cc21. The maximum Gasteiger partial charge on any atom is 0.0714 e. The quantitative estimate of drug-likeness (QED) is 0.100. The van der Waals surface area contributed by atoms with Gasteiger partial charge in [0, 0.05) is 39.0 Å². The number of anilines is 6. The fraction of sp³-hybridized carbons (Fsp3) is 0.0377. The Morgan fingerprint density at radius 3 is 1.26 bits per heavy atom. The molecule has 0 heterocycles. The van der Waals surface area contributed by atoms with E-state index in [9.17, 15) is 0 Å². The third kappa shape index (κ3) is 10.7. The molecule has 0 radical (unpaired) electrons. The Morgan fingerprint density at radius 1 is 0.185 bits per heavy atom. The van der Waals surface area contributed by atoms with Crippen molar-refractivity contribution < 1.29 is 0 Å².